The monoisotopic (exact) mass is 560 g/mol. The van der Waals surface area contributed by atoms with Gasteiger partial charge < -0.3 is 9.64 Å². The number of amides is 1. The van der Waals surface area contributed by atoms with Crippen LogP contribution < -0.4 is 9.64 Å². The number of thioether (sulfide) groups is 1. The second-order valence-electron chi connectivity index (χ2n) is 8.79. The number of carbonyl (C=O) groups is 1. The quantitative estimate of drug-likeness (QED) is 0.384. The number of benzene rings is 3. The van der Waals surface area contributed by atoms with Crippen molar-refractivity contribution in [2.24, 2.45) is 4.99 Å². The number of ether oxygens (including phenoxy) is 1. The first kappa shape index (κ1) is 25.1. The predicted octanol–water partition coefficient (Wildman–Crippen LogP) is 5.94. The van der Waals surface area contributed by atoms with Gasteiger partial charge >= 0.3 is 0 Å². The molecule has 2 saturated heterocycles. The number of sulfone groups is 1. The van der Waals surface area contributed by atoms with E-state index < -0.39 is 9.84 Å². The van der Waals surface area contributed by atoms with E-state index in [-0.39, 0.29) is 35.1 Å². The minimum Gasteiger partial charge on any atom is -0.455 e. The van der Waals surface area contributed by atoms with E-state index in [1.54, 1.807) is 47.4 Å². The number of aryl methyl sites for hydroxylation is 1. The molecule has 6 nitrogen and oxygen atoms in total. The molecule has 0 spiro atoms. The molecule has 3 aromatic carbocycles. The molecule has 2 heterocycles. The van der Waals surface area contributed by atoms with Gasteiger partial charge in [0.1, 0.15) is 5.75 Å². The van der Waals surface area contributed by atoms with Crippen LogP contribution in [0.4, 0.5) is 5.69 Å². The van der Waals surface area contributed by atoms with Gasteiger partial charge in [0.15, 0.2) is 20.8 Å². The fraction of sp³-hybridized carbons (Fsp3) is 0.231. The molecule has 0 N–H and O–H groups in total. The zero-order valence-electron chi connectivity index (χ0n) is 19.2. The van der Waals surface area contributed by atoms with Crippen LogP contribution >= 0.6 is 35.0 Å². The smallest absolute Gasteiger partial charge is 0.252 e. The van der Waals surface area contributed by atoms with Gasteiger partial charge in [0.05, 0.1) is 29.7 Å². The molecule has 0 aliphatic carbocycles. The standard InChI is InChI=1S/C26H22Cl2N2O4S2/c1-16-3-2-4-20(11-16)34-23-10-9-19(28)13-21(23)30-22-14-36(32,33)15-24(22)35-26(30)29-25(31)12-17-5-7-18(27)8-6-17/h2-11,13,22,24H,12,14-15H2,1H3. The number of fused-ring (bicyclic) bond motifs is 1. The van der Waals surface area contributed by atoms with Crippen molar-refractivity contribution in [2.45, 2.75) is 24.6 Å². The third-order valence-electron chi connectivity index (χ3n) is 5.95. The minimum atomic E-state index is -3.23. The number of anilines is 1. The van der Waals surface area contributed by atoms with Crippen LogP contribution in [0, 0.1) is 6.92 Å². The average molecular weight is 562 g/mol. The molecule has 2 aliphatic rings. The third-order valence-corrected chi connectivity index (χ3v) is 9.65. The Labute approximate surface area is 224 Å². The van der Waals surface area contributed by atoms with Gasteiger partial charge in [-0.15, -0.1) is 0 Å². The first-order chi connectivity index (χ1) is 17.2. The lowest BCUT2D eigenvalue weighted by Gasteiger charge is -2.27. The number of halogens is 2. The van der Waals surface area contributed by atoms with Crippen molar-refractivity contribution in [3.05, 3.63) is 87.9 Å². The van der Waals surface area contributed by atoms with Gasteiger partial charge in [-0.2, -0.15) is 4.99 Å². The maximum atomic E-state index is 12.9. The number of hydrogen-bond acceptors (Lipinski definition) is 5. The number of nitrogens with zero attached hydrogens (tertiary/aromatic N) is 2. The summed E-state index contributed by atoms with van der Waals surface area (Å²) in [6.07, 6.45) is 0.102. The molecule has 10 heteroatoms. The van der Waals surface area contributed by atoms with E-state index in [1.165, 1.54) is 11.8 Å². The normalized spacial score (nSPS) is 21.5. The Morgan fingerprint density at radius 1 is 1.06 bits per heavy atom. The zero-order chi connectivity index (χ0) is 25.4. The highest BCUT2D eigenvalue weighted by molar-refractivity contribution is 8.16. The molecule has 0 aromatic heterocycles. The summed E-state index contributed by atoms with van der Waals surface area (Å²) >= 11 is 13.6. The van der Waals surface area contributed by atoms with Gasteiger partial charge in [0, 0.05) is 15.3 Å². The van der Waals surface area contributed by atoms with Gasteiger partial charge in [-0.1, -0.05) is 59.2 Å². The second-order valence-corrected chi connectivity index (χ2v) is 13.0. The van der Waals surface area contributed by atoms with Crippen molar-refractivity contribution < 1.29 is 17.9 Å². The molecule has 36 heavy (non-hydrogen) atoms. The first-order valence-corrected chi connectivity index (χ1v) is 14.7. The molecule has 1 amide bonds. The molecule has 3 aromatic rings. The van der Waals surface area contributed by atoms with E-state index in [0.717, 1.165) is 11.1 Å². The first-order valence-electron chi connectivity index (χ1n) is 11.2. The highest BCUT2D eigenvalue weighted by Gasteiger charge is 2.50. The van der Waals surface area contributed by atoms with E-state index in [1.807, 2.05) is 31.2 Å². The van der Waals surface area contributed by atoms with Gasteiger partial charge in [0.25, 0.3) is 5.91 Å². The molecule has 0 radical (unpaired) electrons. The highest BCUT2D eigenvalue weighted by atomic mass is 35.5. The molecule has 0 saturated carbocycles. The Balaban J connectivity index is 1.52. The second kappa shape index (κ2) is 10.1. The van der Waals surface area contributed by atoms with Crippen molar-refractivity contribution in [3.63, 3.8) is 0 Å². The van der Waals surface area contributed by atoms with Gasteiger partial charge in [-0.3, -0.25) is 4.79 Å². The lowest BCUT2D eigenvalue weighted by molar-refractivity contribution is -0.117. The van der Waals surface area contributed by atoms with Crippen molar-refractivity contribution in [3.8, 4) is 11.5 Å². The Morgan fingerprint density at radius 3 is 2.56 bits per heavy atom. The fourth-order valence-electron chi connectivity index (χ4n) is 4.34. The van der Waals surface area contributed by atoms with Gasteiger partial charge in [0.2, 0.25) is 0 Å². The van der Waals surface area contributed by atoms with E-state index in [2.05, 4.69) is 4.99 Å². The van der Waals surface area contributed by atoms with Crippen molar-refractivity contribution in [1.29, 1.82) is 0 Å². The number of rotatable bonds is 5. The molecular weight excluding hydrogens is 539 g/mol. The molecule has 0 bridgehead atoms. The molecule has 186 valence electrons. The van der Waals surface area contributed by atoms with Crippen LogP contribution in [0.15, 0.2) is 71.7 Å². The molecule has 2 aliphatic heterocycles. The van der Waals surface area contributed by atoms with Crippen molar-refractivity contribution >= 4 is 61.6 Å². The Hall–Kier alpha value is -2.52. The van der Waals surface area contributed by atoms with Crippen LogP contribution in [0.1, 0.15) is 11.1 Å². The lowest BCUT2D eigenvalue weighted by Crippen LogP contribution is -2.38. The fourth-order valence-corrected chi connectivity index (χ4v) is 8.56. The summed E-state index contributed by atoms with van der Waals surface area (Å²) in [5, 5.41) is 1.24. The summed E-state index contributed by atoms with van der Waals surface area (Å²) in [6, 6.07) is 19.4. The third kappa shape index (κ3) is 5.57. The number of amidine groups is 1. The highest BCUT2D eigenvalue weighted by Crippen LogP contribution is 2.45. The summed E-state index contributed by atoms with van der Waals surface area (Å²) in [4.78, 5) is 19.1. The molecule has 2 fully saturated rings. The van der Waals surface area contributed by atoms with E-state index >= 15 is 0 Å². The van der Waals surface area contributed by atoms with Crippen LogP contribution in [-0.4, -0.2) is 42.3 Å². The summed E-state index contributed by atoms with van der Waals surface area (Å²) in [5.74, 6) is 0.783. The maximum Gasteiger partial charge on any atom is 0.252 e. The molecule has 5 rings (SSSR count). The maximum absolute atomic E-state index is 12.9. The van der Waals surface area contributed by atoms with Gasteiger partial charge in [-0.05, 0) is 60.5 Å². The SMILES string of the molecule is Cc1cccc(Oc2ccc(Cl)cc2N2C(=NC(=O)Cc3ccc(Cl)cc3)SC3CS(=O)(=O)CC32)c1. The average Bonchev–Trinajstić information content (AvgIpc) is 3.27. The molecular formula is C26H22Cl2N2O4S2. The number of hydrogen-bond donors (Lipinski definition) is 0. The summed E-state index contributed by atoms with van der Waals surface area (Å²) in [7, 11) is -3.23. The number of aliphatic imine (C=N–C) groups is 1. The van der Waals surface area contributed by atoms with Crippen LogP contribution in [0.25, 0.3) is 0 Å². The van der Waals surface area contributed by atoms with Crippen molar-refractivity contribution in [2.75, 3.05) is 16.4 Å². The Morgan fingerprint density at radius 2 is 1.81 bits per heavy atom. The number of carbonyl (C=O) groups excluding carboxylic acids is 1. The lowest BCUT2D eigenvalue weighted by atomic mass is 10.1. The summed E-state index contributed by atoms with van der Waals surface area (Å²) in [6.45, 7) is 1.97. The van der Waals surface area contributed by atoms with E-state index in [0.29, 0.717) is 32.4 Å². The predicted molar refractivity (Wildman–Crippen MR) is 147 cm³/mol. The van der Waals surface area contributed by atoms with Crippen LogP contribution in [-0.2, 0) is 21.1 Å². The van der Waals surface area contributed by atoms with Crippen LogP contribution in [0.2, 0.25) is 10.0 Å². The largest absolute Gasteiger partial charge is 0.455 e. The Kier molecular flexibility index (Phi) is 7.05. The molecule has 2 unspecified atom stereocenters. The topological polar surface area (TPSA) is 76.0 Å². The summed E-state index contributed by atoms with van der Waals surface area (Å²) < 4.78 is 31.2. The van der Waals surface area contributed by atoms with E-state index in [9.17, 15) is 13.2 Å². The van der Waals surface area contributed by atoms with Crippen LogP contribution in [0.5, 0.6) is 11.5 Å². The van der Waals surface area contributed by atoms with E-state index in [4.69, 9.17) is 27.9 Å². The van der Waals surface area contributed by atoms with Gasteiger partial charge in [-0.25, -0.2) is 8.42 Å². The zero-order valence-corrected chi connectivity index (χ0v) is 22.4. The Bertz CT molecular complexity index is 1460. The van der Waals surface area contributed by atoms with Crippen molar-refractivity contribution in [1.82, 2.24) is 0 Å². The van der Waals surface area contributed by atoms with Crippen LogP contribution in [0.3, 0.4) is 0 Å². The minimum absolute atomic E-state index is 0.0257. The summed E-state index contributed by atoms with van der Waals surface area (Å²) in [5.41, 5.74) is 2.40. The molecule has 2 atom stereocenters.